The lowest BCUT2D eigenvalue weighted by molar-refractivity contribution is 0.0948. The van der Waals surface area contributed by atoms with Gasteiger partial charge in [0.15, 0.2) is 0 Å². The molecule has 4 heteroatoms. The molecule has 4 nitrogen and oxygen atoms in total. The van der Waals surface area contributed by atoms with Crippen molar-refractivity contribution in [2.45, 2.75) is 13.3 Å². The van der Waals surface area contributed by atoms with E-state index in [0.29, 0.717) is 18.7 Å². The monoisotopic (exact) mass is 249 g/mol. The van der Waals surface area contributed by atoms with E-state index in [-0.39, 0.29) is 5.91 Å². The Labute approximate surface area is 109 Å². The van der Waals surface area contributed by atoms with Crippen LogP contribution in [-0.4, -0.2) is 43.5 Å². The van der Waals surface area contributed by atoms with E-state index in [4.69, 9.17) is 5.73 Å². The summed E-state index contributed by atoms with van der Waals surface area (Å²) in [6.07, 6.45) is 1.00. The zero-order valence-corrected chi connectivity index (χ0v) is 11.1. The summed E-state index contributed by atoms with van der Waals surface area (Å²) < 4.78 is 0. The molecule has 0 heterocycles. The minimum absolute atomic E-state index is 0.00882. The lowest BCUT2D eigenvalue weighted by Crippen LogP contribution is -2.35. The predicted molar refractivity (Wildman–Crippen MR) is 74.6 cm³/mol. The molecule has 1 aromatic rings. The van der Waals surface area contributed by atoms with Gasteiger partial charge in [-0.25, -0.2) is 0 Å². The van der Waals surface area contributed by atoms with Crippen LogP contribution in [-0.2, 0) is 0 Å². The van der Waals surface area contributed by atoms with Crippen molar-refractivity contribution in [2.75, 3.05) is 32.7 Å². The Bertz CT molecular complexity index is 340. The number of benzene rings is 1. The van der Waals surface area contributed by atoms with Gasteiger partial charge in [0.2, 0.25) is 0 Å². The predicted octanol–water partition coefficient (Wildman–Crippen LogP) is 1.09. The summed E-state index contributed by atoms with van der Waals surface area (Å²) >= 11 is 0. The molecule has 0 radical (unpaired) electrons. The van der Waals surface area contributed by atoms with Crippen molar-refractivity contribution in [3.63, 3.8) is 0 Å². The highest BCUT2D eigenvalue weighted by molar-refractivity contribution is 5.94. The van der Waals surface area contributed by atoms with Crippen molar-refractivity contribution >= 4 is 5.91 Å². The van der Waals surface area contributed by atoms with E-state index >= 15 is 0 Å². The number of nitrogens with one attached hydrogen (secondary N) is 1. The average Bonchev–Trinajstić information content (AvgIpc) is 2.43. The van der Waals surface area contributed by atoms with Crippen LogP contribution in [0.4, 0.5) is 0 Å². The van der Waals surface area contributed by atoms with Crippen LogP contribution in [0, 0.1) is 0 Å². The van der Waals surface area contributed by atoms with Gasteiger partial charge in [0.1, 0.15) is 0 Å². The van der Waals surface area contributed by atoms with Gasteiger partial charge in [0.05, 0.1) is 0 Å². The van der Waals surface area contributed by atoms with Crippen LogP contribution < -0.4 is 11.1 Å². The number of likely N-dealkylation sites (N-methyl/N-ethyl adjacent to an activating group) is 1. The number of carbonyl (C=O) groups excluding carboxylic acids is 1. The van der Waals surface area contributed by atoms with Crippen molar-refractivity contribution in [2.24, 2.45) is 5.73 Å². The maximum atomic E-state index is 11.8. The summed E-state index contributed by atoms with van der Waals surface area (Å²) in [6.45, 7) is 6.36. The molecule has 0 atom stereocenters. The SMILES string of the molecule is CCN(CCCN)CCNC(=O)c1ccccc1. The van der Waals surface area contributed by atoms with E-state index in [1.807, 2.05) is 30.3 Å². The Morgan fingerprint density at radius 1 is 1.28 bits per heavy atom. The second-order valence-electron chi connectivity index (χ2n) is 4.20. The summed E-state index contributed by atoms with van der Waals surface area (Å²) in [6, 6.07) is 9.29. The van der Waals surface area contributed by atoms with Crippen LogP contribution in [0.15, 0.2) is 30.3 Å². The maximum absolute atomic E-state index is 11.8. The standard InChI is InChI=1S/C14H23N3O/c1-2-17(11-6-9-15)12-10-16-14(18)13-7-4-3-5-8-13/h3-5,7-8H,2,6,9-12,15H2,1H3,(H,16,18). The summed E-state index contributed by atoms with van der Waals surface area (Å²) in [7, 11) is 0. The van der Waals surface area contributed by atoms with E-state index in [1.54, 1.807) is 0 Å². The third kappa shape index (κ3) is 5.29. The summed E-state index contributed by atoms with van der Waals surface area (Å²) in [5.74, 6) is -0.00882. The smallest absolute Gasteiger partial charge is 0.251 e. The molecule has 18 heavy (non-hydrogen) atoms. The van der Waals surface area contributed by atoms with Crippen LogP contribution in [0.5, 0.6) is 0 Å². The molecule has 0 bridgehead atoms. The highest BCUT2D eigenvalue weighted by atomic mass is 16.1. The molecule has 0 saturated carbocycles. The molecule has 1 rings (SSSR count). The minimum Gasteiger partial charge on any atom is -0.351 e. The first-order chi connectivity index (χ1) is 8.77. The maximum Gasteiger partial charge on any atom is 0.251 e. The lowest BCUT2D eigenvalue weighted by atomic mass is 10.2. The van der Waals surface area contributed by atoms with E-state index in [1.165, 1.54) is 0 Å². The van der Waals surface area contributed by atoms with Crippen LogP contribution in [0.3, 0.4) is 0 Å². The fourth-order valence-corrected chi connectivity index (χ4v) is 1.76. The zero-order valence-electron chi connectivity index (χ0n) is 11.1. The third-order valence-corrected chi connectivity index (χ3v) is 2.88. The van der Waals surface area contributed by atoms with Crippen LogP contribution >= 0.6 is 0 Å². The topological polar surface area (TPSA) is 58.4 Å². The molecule has 0 fully saturated rings. The Kier molecular flexibility index (Phi) is 7.06. The van der Waals surface area contributed by atoms with E-state index in [9.17, 15) is 4.79 Å². The van der Waals surface area contributed by atoms with Gasteiger partial charge in [0, 0.05) is 18.7 Å². The number of nitrogens with zero attached hydrogens (tertiary/aromatic N) is 1. The molecule has 0 aromatic heterocycles. The molecule has 1 amide bonds. The summed E-state index contributed by atoms with van der Waals surface area (Å²) in [5, 5.41) is 2.93. The Morgan fingerprint density at radius 2 is 2.00 bits per heavy atom. The van der Waals surface area contributed by atoms with Gasteiger partial charge >= 0.3 is 0 Å². The van der Waals surface area contributed by atoms with Crippen molar-refractivity contribution in [1.82, 2.24) is 10.2 Å². The molecule has 0 unspecified atom stereocenters. The van der Waals surface area contributed by atoms with Crippen molar-refractivity contribution in [3.8, 4) is 0 Å². The Morgan fingerprint density at radius 3 is 2.61 bits per heavy atom. The third-order valence-electron chi connectivity index (χ3n) is 2.88. The van der Waals surface area contributed by atoms with E-state index < -0.39 is 0 Å². The van der Waals surface area contributed by atoms with Crippen molar-refractivity contribution < 1.29 is 4.79 Å². The van der Waals surface area contributed by atoms with Crippen LogP contribution in [0.25, 0.3) is 0 Å². The molecule has 3 N–H and O–H groups in total. The van der Waals surface area contributed by atoms with Gasteiger partial charge < -0.3 is 16.0 Å². The van der Waals surface area contributed by atoms with Gasteiger partial charge in [0.25, 0.3) is 5.91 Å². The number of amides is 1. The molecular formula is C14H23N3O. The highest BCUT2D eigenvalue weighted by Gasteiger charge is 2.05. The second kappa shape index (κ2) is 8.66. The Hall–Kier alpha value is -1.39. The second-order valence-corrected chi connectivity index (χ2v) is 4.20. The van der Waals surface area contributed by atoms with Crippen LogP contribution in [0.2, 0.25) is 0 Å². The first kappa shape index (κ1) is 14.7. The molecule has 0 aliphatic rings. The Balaban J connectivity index is 2.26. The highest BCUT2D eigenvalue weighted by Crippen LogP contribution is 1.97. The number of nitrogens with two attached hydrogens (primary N) is 1. The summed E-state index contributed by atoms with van der Waals surface area (Å²) in [4.78, 5) is 14.1. The minimum atomic E-state index is -0.00882. The number of hydrogen-bond acceptors (Lipinski definition) is 3. The van der Waals surface area contributed by atoms with Gasteiger partial charge in [-0.1, -0.05) is 25.1 Å². The summed E-state index contributed by atoms with van der Waals surface area (Å²) in [5.41, 5.74) is 6.20. The van der Waals surface area contributed by atoms with Gasteiger partial charge in [-0.05, 0) is 38.2 Å². The molecule has 0 saturated heterocycles. The zero-order chi connectivity index (χ0) is 13.2. The molecule has 100 valence electrons. The van der Waals surface area contributed by atoms with E-state index in [2.05, 4.69) is 17.1 Å². The normalized spacial score (nSPS) is 10.6. The molecule has 0 aliphatic heterocycles. The first-order valence-electron chi connectivity index (χ1n) is 6.53. The molecule has 0 aliphatic carbocycles. The van der Waals surface area contributed by atoms with E-state index in [0.717, 1.165) is 26.1 Å². The van der Waals surface area contributed by atoms with Gasteiger partial charge in [-0.3, -0.25) is 4.79 Å². The van der Waals surface area contributed by atoms with Crippen LogP contribution in [0.1, 0.15) is 23.7 Å². The largest absolute Gasteiger partial charge is 0.351 e. The fourth-order valence-electron chi connectivity index (χ4n) is 1.76. The lowest BCUT2D eigenvalue weighted by Gasteiger charge is -2.20. The molecular weight excluding hydrogens is 226 g/mol. The number of hydrogen-bond donors (Lipinski definition) is 2. The quantitative estimate of drug-likeness (QED) is 0.725. The number of rotatable bonds is 8. The molecule has 1 aromatic carbocycles. The fraction of sp³-hybridized carbons (Fsp3) is 0.500. The molecule has 0 spiro atoms. The average molecular weight is 249 g/mol. The number of carbonyl (C=O) groups is 1. The van der Waals surface area contributed by atoms with Crippen molar-refractivity contribution in [3.05, 3.63) is 35.9 Å². The first-order valence-corrected chi connectivity index (χ1v) is 6.53. The van der Waals surface area contributed by atoms with Gasteiger partial charge in [-0.15, -0.1) is 0 Å². The van der Waals surface area contributed by atoms with Crippen molar-refractivity contribution in [1.29, 1.82) is 0 Å². The van der Waals surface area contributed by atoms with Gasteiger partial charge in [-0.2, -0.15) is 0 Å².